The Labute approximate surface area is 159 Å². The number of hydrogen-bond donors (Lipinski definition) is 0. The molecule has 0 N–H and O–H groups in total. The van der Waals surface area contributed by atoms with Crippen LogP contribution in [0.25, 0.3) is 5.65 Å². The molecule has 0 spiro atoms. The number of fused-ring (bicyclic) bond motifs is 5. The molecule has 2 bridgehead atoms. The Hall–Kier alpha value is -2.63. The molecule has 3 aliphatic rings. The molecular weight excluding hydrogens is 340 g/mol. The van der Waals surface area contributed by atoms with Crippen LogP contribution in [-0.4, -0.2) is 56.7 Å². The van der Waals surface area contributed by atoms with Gasteiger partial charge in [-0.3, -0.25) is 9.59 Å². The van der Waals surface area contributed by atoms with Gasteiger partial charge in [0.1, 0.15) is 11.3 Å². The van der Waals surface area contributed by atoms with Gasteiger partial charge in [0.15, 0.2) is 0 Å². The molecule has 0 aromatic carbocycles. The van der Waals surface area contributed by atoms with Gasteiger partial charge in [0.2, 0.25) is 5.91 Å². The Bertz CT molecular complexity index is 925. The van der Waals surface area contributed by atoms with Gasteiger partial charge in [-0.05, 0) is 45.2 Å². The van der Waals surface area contributed by atoms with E-state index in [9.17, 15) is 9.59 Å². The molecule has 3 aliphatic heterocycles. The van der Waals surface area contributed by atoms with E-state index in [0.717, 1.165) is 24.1 Å². The second-order valence-corrected chi connectivity index (χ2v) is 8.01. The number of pyridine rings is 1. The van der Waals surface area contributed by atoms with E-state index in [4.69, 9.17) is 0 Å². The Morgan fingerprint density at radius 2 is 2.04 bits per heavy atom. The maximum absolute atomic E-state index is 13.1. The number of rotatable bonds is 3. The minimum atomic E-state index is -0.0995. The average molecular weight is 366 g/mol. The van der Waals surface area contributed by atoms with Gasteiger partial charge in [0, 0.05) is 38.1 Å². The van der Waals surface area contributed by atoms with Crippen molar-refractivity contribution in [3.05, 3.63) is 47.4 Å². The maximum Gasteiger partial charge on any atom is 0.274 e. The van der Waals surface area contributed by atoms with Crippen molar-refractivity contribution >= 4 is 17.5 Å². The number of carbonyl (C=O) groups excluding carboxylic acids is 2. The zero-order chi connectivity index (χ0) is 19.1. The molecule has 0 radical (unpaired) electrons. The quantitative estimate of drug-likeness (QED) is 0.785. The Morgan fingerprint density at radius 3 is 2.81 bits per heavy atom. The molecule has 3 fully saturated rings. The number of allylic oxidation sites excluding steroid dienone is 1. The number of amides is 2. The van der Waals surface area contributed by atoms with Crippen LogP contribution in [-0.2, 0) is 4.79 Å². The van der Waals surface area contributed by atoms with Crippen LogP contribution in [0.5, 0.6) is 0 Å². The number of aromatic nitrogens is 2. The SMILES string of the molecule is CC(C)=CCN1C(=O)[C@@H]2CC[C@H]1CN(C(=O)c1cn3cc(C)ccc3n1)C2. The molecule has 0 aliphatic carbocycles. The van der Waals surface area contributed by atoms with Gasteiger partial charge in [-0.1, -0.05) is 17.7 Å². The molecule has 2 atom stereocenters. The zero-order valence-electron chi connectivity index (χ0n) is 16.2. The first-order valence-corrected chi connectivity index (χ1v) is 9.61. The Balaban J connectivity index is 1.58. The molecule has 6 nitrogen and oxygen atoms in total. The highest BCUT2D eigenvalue weighted by Crippen LogP contribution is 2.30. The molecule has 0 unspecified atom stereocenters. The topological polar surface area (TPSA) is 57.9 Å². The Morgan fingerprint density at radius 1 is 1.22 bits per heavy atom. The fourth-order valence-electron chi connectivity index (χ4n) is 4.10. The molecule has 142 valence electrons. The van der Waals surface area contributed by atoms with Crippen molar-refractivity contribution in [1.29, 1.82) is 0 Å². The number of imidazole rings is 1. The molecule has 2 aromatic rings. The molecule has 2 amide bonds. The van der Waals surface area contributed by atoms with E-state index in [-0.39, 0.29) is 23.8 Å². The summed E-state index contributed by atoms with van der Waals surface area (Å²) >= 11 is 0. The van der Waals surface area contributed by atoms with Crippen LogP contribution in [0, 0.1) is 12.8 Å². The summed E-state index contributed by atoms with van der Waals surface area (Å²) in [5, 5.41) is 0. The lowest BCUT2D eigenvalue weighted by Gasteiger charge is -2.35. The monoisotopic (exact) mass is 366 g/mol. The summed E-state index contributed by atoms with van der Waals surface area (Å²) in [6, 6.07) is 4.00. The molecule has 5 rings (SSSR count). The lowest BCUT2D eigenvalue weighted by Crippen LogP contribution is -2.48. The summed E-state index contributed by atoms with van der Waals surface area (Å²) in [5.74, 6) is 0.00679. The van der Waals surface area contributed by atoms with Crippen molar-refractivity contribution in [2.45, 2.75) is 39.7 Å². The first-order chi connectivity index (χ1) is 12.9. The van der Waals surface area contributed by atoms with Crippen molar-refractivity contribution < 1.29 is 9.59 Å². The van der Waals surface area contributed by atoms with Crippen LogP contribution >= 0.6 is 0 Å². The Kier molecular flexibility index (Phi) is 4.50. The van der Waals surface area contributed by atoms with Crippen LogP contribution in [0.3, 0.4) is 0 Å². The first-order valence-electron chi connectivity index (χ1n) is 9.61. The van der Waals surface area contributed by atoms with Crippen molar-refractivity contribution in [3.8, 4) is 0 Å². The van der Waals surface area contributed by atoms with Crippen LogP contribution in [0.1, 0.15) is 42.7 Å². The molecule has 3 saturated heterocycles. The minimum Gasteiger partial charge on any atom is -0.334 e. The normalized spacial score (nSPS) is 22.3. The van der Waals surface area contributed by atoms with Gasteiger partial charge in [-0.2, -0.15) is 0 Å². The van der Waals surface area contributed by atoms with Gasteiger partial charge >= 0.3 is 0 Å². The van der Waals surface area contributed by atoms with Crippen LogP contribution in [0.15, 0.2) is 36.2 Å². The van der Waals surface area contributed by atoms with Crippen LogP contribution < -0.4 is 0 Å². The predicted octanol–water partition coefficient (Wildman–Crippen LogP) is 2.67. The molecule has 6 heteroatoms. The van der Waals surface area contributed by atoms with Gasteiger partial charge in [-0.15, -0.1) is 0 Å². The van der Waals surface area contributed by atoms with E-state index in [1.54, 1.807) is 6.20 Å². The number of carbonyl (C=O) groups is 2. The van der Waals surface area contributed by atoms with Crippen LogP contribution in [0.2, 0.25) is 0 Å². The van der Waals surface area contributed by atoms with E-state index >= 15 is 0 Å². The van der Waals surface area contributed by atoms with Gasteiger partial charge in [0.05, 0.1) is 5.92 Å². The van der Waals surface area contributed by atoms with Gasteiger partial charge in [-0.25, -0.2) is 4.98 Å². The lowest BCUT2D eigenvalue weighted by molar-refractivity contribution is -0.139. The second-order valence-electron chi connectivity index (χ2n) is 8.01. The second kappa shape index (κ2) is 6.83. The smallest absolute Gasteiger partial charge is 0.274 e. The molecule has 0 saturated carbocycles. The van der Waals surface area contributed by atoms with E-state index < -0.39 is 0 Å². The van der Waals surface area contributed by atoms with E-state index in [2.05, 4.69) is 11.1 Å². The van der Waals surface area contributed by atoms with Crippen molar-refractivity contribution in [1.82, 2.24) is 19.2 Å². The molecule has 27 heavy (non-hydrogen) atoms. The van der Waals surface area contributed by atoms with Crippen molar-refractivity contribution in [2.24, 2.45) is 5.92 Å². The highest BCUT2D eigenvalue weighted by Gasteiger charge is 2.41. The number of hydrogen-bond acceptors (Lipinski definition) is 3. The summed E-state index contributed by atoms with van der Waals surface area (Å²) in [6.07, 6.45) is 7.68. The van der Waals surface area contributed by atoms with Crippen molar-refractivity contribution in [3.63, 3.8) is 0 Å². The third-order valence-corrected chi connectivity index (χ3v) is 5.59. The largest absolute Gasteiger partial charge is 0.334 e. The third-order valence-electron chi connectivity index (χ3n) is 5.59. The number of nitrogens with zero attached hydrogens (tertiary/aromatic N) is 4. The summed E-state index contributed by atoms with van der Waals surface area (Å²) in [7, 11) is 0. The van der Waals surface area contributed by atoms with Crippen LogP contribution in [0.4, 0.5) is 0 Å². The number of aryl methyl sites for hydroxylation is 1. The molecule has 2 aromatic heterocycles. The molecule has 5 heterocycles. The highest BCUT2D eigenvalue weighted by molar-refractivity contribution is 5.94. The van der Waals surface area contributed by atoms with Crippen molar-refractivity contribution in [2.75, 3.05) is 19.6 Å². The van der Waals surface area contributed by atoms with Gasteiger partial charge < -0.3 is 14.2 Å². The number of piperidine rings is 1. The van der Waals surface area contributed by atoms with Gasteiger partial charge in [0.25, 0.3) is 5.91 Å². The summed E-state index contributed by atoms with van der Waals surface area (Å²) < 4.78 is 1.89. The summed E-state index contributed by atoms with van der Waals surface area (Å²) in [4.78, 5) is 34.2. The van der Waals surface area contributed by atoms with E-state index in [0.29, 0.717) is 25.3 Å². The summed E-state index contributed by atoms with van der Waals surface area (Å²) in [5.41, 5.74) is 3.54. The first kappa shape index (κ1) is 17.8. The zero-order valence-corrected chi connectivity index (χ0v) is 16.2. The standard InChI is InChI=1S/C21H26N4O2/c1-14(2)8-9-25-17-6-5-16(20(25)26)11-24(12-17)21(27)18-13-23-10-15(3)4-7-19(23)22-18/h4,7-8,10,13,16-17H,5-6,9,11-12H2,1-3H3/t16-,17+/m1/s1. The third kappa shape index (κ3) is 3.36. The highest BCUT2D eigenvalue weighted by atomic mass is 16.2. The molecular formula is C21H26N4O2. The minimum absolute atomic E-state index is 0.0786. The lowest BCUT2D eigenvalue weighted by atomic mass is 9.94. The average Bonchev–Trinajstić information content (AvgIpc) is 2.85. The predicted molar refractivity (Wildman–Crippen MR) is 103 cm³/mol. The van der Waals surface area contributed by atoms with E-state index in [1.807, 2.05) is 53.3 Å². The fourth-order valence-corrected chi connectivity index (χ4v) is 4.10. The summed E-state index contributed by atoms with van der Waals surface area (Å²) in [6.45, 7) is 7.82. The van der Waals surface area contributed by atoms with E-state index in [1.165, 1.54) is 5.57 Å². The maximum atomic E-state index is 13.1. The fraction of sp³-hybridized carbons (Fsp3) is 0.476.